The molecule has 0 aromatic carbocycles. The molecule has 2 heterocycles. The highest BCUT2D eigenvalue weighted by Crippen LogP contribution is 2.18. The average molecular weight is 239 g/mol. The zero-order valence-corrected chi connectivity index (χ0v) is 11.8. The molecular formula is C14H29N3. The first kappa shape index (κ1) is 13.3. The van der Waals surface area contributed by atoms with E-state index in [9.17, 15) is 0 Å². The number of likely N-dealkylation sites (N-methyl/N-ethyl adjacent to an activating group) is 1. The van der Waals surface area contributed by atoms with E-state index in [1.165, 1.54) is 52.0 Å². The Labute approximate surface area is 107 Å². The molecule has 3 nitrogen and oxygen atoms in total. The summed E-state index contributed by atoms with van der Waals surface area (Å²) in [6.07, 6.45) is 4.08. The lowest BCUT2D eigenvalue weighted by atomic mass is 10.0. The Hall–Kier alpha value is -0.120. The minimum atomic E-state index is 0.685. The van der Waals surface area contributed by atoms with Crippen LogP contribution in [0.25, 0.3) is 0 Å². The van der Waals surface area contributed by atoms with Crippen molar-refractivity contribution in [1.29, 1.82) is 0 Å². The maximum Gasteiger partial charge on any atom is 0.0224 e. The third-order valence-electron chi connectivity index (χ3n) is 4.38. The first-order valence-electron chi connectivity index (χ1n) is 7.33. The van der Waals surface area contributed by atoms with Crippen LogP contribution in [0, 0.1) is 5.92 Å². The monoisotopic (exact) mass is 239 g/mol. The maximum absolute atomic E-state index is 3.71. The molecule has 0 aromatic heterocycles. The van der Waals surface area contributed by atoms with Gasteiger partial charge in [-0.3, -0.25) is 4.90 Å². The Morgan fingerprint density at radius 3 is 2.65 bits per heavy atom. The van der Waals surface area contributed by atoms with Gasteiger partial charge in [0.1, 0.15) is 0 Å². The topological polar surface area (TPSA) is 18.5 Å². The highest BCUT2D eigenvalue weighted by Gasteiger charge is 2.27. The van der Waals surface area contributed by atoms with Crippen molar-refractivity contribution in [2.24, 2.45) is 5.92 Å². The zero-order chi connectivity index (χ0) is 12.3. The van der Waals surface area contributed by atoms with E-state index in [1.807, 2.05) is 0 Å². The van der Waals surface area contributed by atoms with Gasteiger partial charge in [-0.1, -0.05) is 13.8 Å². The van der Waals surface area contributed by atoms with Crippen molar-refractivity contribution in [3.63, 3.8) is 0 Å². The summed E-state index contributed by atoms with van der Waals surface area (Å²) in [6, 6.07) is 1.49. The number of nitrogens with zero attached hydrogens (tertiary/aromatic N) is 2. The van der Waals surface area contributed by atoms with Crippen LogP contribution < -0.4 is 5.32 Å². The summed E-state index contributed by atoms with van der Waals surface area (Å²) < 4.78 is 0. The van der Waals surface area contributed by atoms with Crippen molar-refractivity contribution in [3.8, 4) is 0 Å². The summed E-state index contributed by atoms with van der Waals surface area (Å²) in [5.41, 5.74) is 0. The highest BCUT2D eigenvalue weighted by atomic mass is 15.2. The molecular weight excluding hydrogens is 210 g/mol. The van der Waals surface area contributed by atoms with E-state index in [4.69, 9.17) is 0 Å². The van der Waals surface area contributed by atoms with Crippen molar-refractivity contribution in [2.45, 2.75) is 45.2 Å². The lowest BCUT2D eigenvalue weighted by Gasteiger charge is -2.39. The maximum atomic E-state index is 3.71. The Kier molecular flexibility index (Phi) is 4.83. The van der Waals surface area contributed by atoms with Gasteiger partial charge in [0.25, 0.3) is 0 Å². The van der Waals surface area contributed by atoms with Crippen molar-refractivity contribution in [1.82, 2.24) is 15.1 Å². The van der Waals surface area contributed by atoms with Crippen LogP contribution in [-0.4, -0.2) is 61.7 Å². The van der Waals surface area contributed by atoms with Crippen molar-refractivity contribution >= 4 is 0 Å². The third kappa shape index (κ3) is 3.67. The van der Waals surface area contributed by atoms with Crippen LogP contribution >= 0.6 is 0 Å². The summed E-state index contributed by atoms with van der Waals surface area (Å²) in [7, 11) is 2.27. The predicted octanol–water partition coefficient (Wildman–Crippen LogP) is 1.40. The Bertz CT molecular complexity index is 230. The number of rotatable bonds is 2. The number of piperidine rings is 1. The van der Waals surface area contributed by atoms with Crippen LogP contribution in [0.2, 0.25) is 0 Å². The first-order valence-corrected chi connectivity index (χ1v) is 7.33. The van der Waals surface area contributed by atoms with Gasteiger partial charge < -0.3 is 10.2 Å². The molecule has 3 heteroatoms. The predicted molar refractivity (Wildman–Crippen MR) is 73.3 cm³/mol. The molecule has 2 fully saturated rings. The molecule has 100 valence electrons. The summed E-state index contributed by atoms with van der Waals surface area (Å²) in [4.78, 5) is 5.25. The Balaban J connectivity index is 1.93. The van der Waals surface area contributed by atoms with Crippen LogP contribution in [0.1, 0.15) is 33.1 Å². The molecule has 2 rings (SSSR count). The van der Waals surface area contributed by atoms with Gasteiger partial charge in [0.15, 0.2) is 0 Å². The summed E-state index contributed by atoms with van der Waals surface area (Å²) >= 11 is 0. The summed E-state index contributed by atoms with van der Waals surface area (Å²) in [5, 5.41) is 3.71. The van der Waals surface area contributed by atoms with Gasteiger partial charge in [0.2, 0.25) is 0 Å². The fourth-order valence-electron chi connectivity index (χ4n) is 3.19. The number of nitrogens with one attached hydrogen (secondary N) is 1. The fraction of sp³-hybridized carbons (Fsp3) is 1.00. The molecule has 2 atom stereocenters. The number of likely N-dealkylation sites (tertiary alicyclic amines) is 1. The van der Waals surface area contributed by atoms with E-state index in [0.29, 0.717) is 6.04 Å². The molecule has 2 aliphatic heterocycles. The molecule has 2 unspecified atom stereocenters. The van der Waals surface area contributed by atoms with E-state index in [-0.39, 0.29) is 0 Å². The summed E-state index contributed by atoms with van der Waals surface area (Å²) in [6.45, 7) is 11.0. The highest BCUT2D eigenvalue weighted by molar-refractivity contribution is 4.85. The van der Waals surface area contributed by atoms with E-state index < -0.39 is 0 Å². The molecule has 0 bridgehead atoms. The van der Waals surface area contributed by atoms with Gasteiger partial charge in [0, 0.05) is 25.2 Å². The standard InChI is InChI=1S/C14H29N3/c1-12(2)14-11-17(9-5-7-15-14)13-6-4-8-16(3)10-13/h12-15H,4-11H2,1-3H3. The van der Waals surface area contributed by atoms with E-state index in [2.05, 4.69) is 36.0 Å². The van der Waals surface area contributed by atoms with Gasteiger partial charge >= 0.3 is 0 Å². The van der Waals surface area contributed by atoms with Gasteiger partial charge in [-0.05, 0) is 51.9 Å². The minimum absolute atomic E-state index is 0.685. The molecule has 17 heavy (non-hydrogen) atoms. The molecule has 2 aliphatic rings. The first-order chi connectivity index (χ1) is 8.16. The zero-order valence-electron chi connectivity index (χ0n) is 11.8. The van der Waals surface area contributed by atoms with Crippen LogP contribution in [0.4, 0.5) is 0 Å². The van der Waals surface area contributed by atoms with Gasteiger partial charge in [0.05, 0.1) is 0 Å². The van der Waals surface area contributed by atoms with Crippen LogP contribution in [0.5, 0.6) is 0 Å². The number of hydrogen-bond acceptors (Lipinski definition) is 3. The van der Waals surface area contributed by atoms with Gasteiger partial charge in [-0.15, -0.1) is 0 Å². The molecule has 1 N–H and O–H groups in total. The molecule has 0 amide bonds. The van der Waals surface area contributed by atoms with Gasteiger partial charge in [-0.2, -0.15) is 0 Å². The lowest BCUT2D eigenvalue weighted by molar-refractivity contribution is 0.105. The van der Waals surface area contributed by atoms with E-state index in [0.717, 1.165) is 12.0 Å². The molecule has 0 aromatic rings. The molecule has 0 spiro atoms. The average Bonchev–Trinajstić information content (AvgIpc) is 2.54. The van der Waals surface area contributed by atoms with E-state index >= 15 is 0 Å². The molecule has 0 saturated carbocycles. The normalized spacial score (nSPS) is 33.9. The number of hydrogen-bond donors (Lipinski definition) is 1. The molecule has 2 saturated heterocycles. The SMILES string of the molecule is CC(C)C1CN(C2CCCN(C)C2)CCCN1. The second-order valence-corrected chi connectivity index (χ2v) is 6.21. The quantitative estimate of drug-likeness (QED) is 0.786. The van der Waals surface area contributed by atoms with Crippen molar-refractivity contribution < 1.29 is 0 Å². The fourth-order valence-corrected chi connectivity index (χ4v) is 3.19. The minimum Gasteiger partial charge on any atom is -0.312 e. The van der Waals surface area contributed by atoms with Crippen LogP contribution in [-0.2, 0) is 0 Å². The van der Waals surface area contributed by atoms with Crippen LogP contribution in [0.3, 0.4) is 0 Å². The Morgan fingerprint density at radius 1 is 1.12 bits per heavy atom. The third-order valence-corrected chi connectivity index (χ3v) is 4.38. The molecule has 0 radical (unpaired) electrons. The second kappa shape index (κ2) is 6.17. The van der Waals surface area contributed by atoms with Crippen LogP contribution in [0.15, 0.2) is 0 Å². The summed E-state index contributed by atoms with van der Waals surface area (Å²) in [5.74, 6) is 0.747. The van der Waals surface area contributed by atoms with Crippen molar-refractivity contribution in [3.05, 3.63) is 0 Å². The van der Waals surface area contributed by atoms with E-state index in [1.54, 1.807) is 0 Å². The lowest BCUT2D eigenvalue weighted by Crippen LogP contribution is -2.50. The second-order valence-electron chi connectivity index (χ2n) is 6.21. The van der Waals surface area contributed by atoms with Crippen molar-refractivity contribution in [2.75, 3.05) is 39.8 Å². The van der Waals surface area contributed by atoms with Gasteiger partial charge in [-0.25, -0.2) is 0 Å². The molecule has 0 aliphatic carbocycles. The largest absolute Gasteiger partial charge is 0.312 e. The Morgan fingerprint density at radius 2 is 1.94 bits per heavy atom. The smallest absolute Gasteiger partial charge is 0.0224 e.